The first-order valence-electron chi connectivity index (χ1n) is 16.5. The number of nitrogens with one attached hydrogen (secondary N) is 3. The number of anilines is 3. The number of nitrogens with zero attached hydrogens (tertiary/aromatic N) is 6. The number of amides is 2. The smallest absolute Gasteiger partial charge is 0.251 e. The highest BCUT2D eigenvalue weighted by molar-refractivity contribution is 6.33. The van der Waals surface area contributed by atoms with Gasteiger partial charge in [-0.25, -0.2) is 0 Å². The quantitative estimate of drug-likeness (QED) is 0.0979. The van der Waals surface area contributed by atoms with Crippen LogP contribution in [0.2, 0.25) is 26.4 Å². The van der Waals surface area contributed by atoms with Gasteiger partial charge in [0.05, 0.1) is 0 Å². The fraction of sp³-hybridized carbons (Fsp3) is 0.158. The summed E-state index contributed by atoms with van der Waals surface area (Å²) in [6.45, 7) is 5.01. The zero-order valence-corrected chi connectivity index (χ0v) is 33.3. The topological polar surface area (TPSA) is 174 Å². The molecule has 6 rings (SSSR count). The highest BCUT2D eigenvalue weighted by atomic mass is 35.5. The zero-order chi connectivity index (χ0) is 39.7. The second kappa shape index (κ2) is 21.7. The van der Waals surface area contributed by atoms with Crippen LogP contribution in [0.4, 0.5) is 17.3 Å². The Morgan fingerprint density at radius 1 is 0.545 bits per heavy atom. The van der Waals surface area contributed by atoms with Gasteiger partial charge in [-0.2, -0.15) is 29.9 Å². The summed E-state index contributed by atoms with van der Waals surface area (Å²) in [7, 11) is 0. The lowest BCUT2D eigenvalue weighted by atomic mass is 10.1. The Kier molecular flexibility index (Phi) is 16.8. The maximum atomic E-state index is 12.4. The summed E-state index contributed by atoms with van der Waals surface area (Å²) >= 11 is 27.5. The van der Waals surface area contributed by atoms with E-state index >= 15 is 0 Å². The van der Waals surface area contributed by atoms with Crippen LogP contribution in [-0.4, -0.2) is 54.8 Å². The van der Waals surface area contributed by atoms with Gasteiger partial charge in [-0.1, -0.05) is 72.8 Å². The lowest BCUT2D eigenvalue weighted by molar-refractivity contribution is 0.0946. The second-order valence-electron chi connectivity index (χ2n) is 11.5. The maximum Gasteiger partial charge on any atom is 0.251 e. The van der Waals surface area contributed by atoms with Crippen LogP contribution >= 0.6 is 58.0 Å². The highest BCUT2D eigenvalue weighted by Crippen LogP contribution is 2.22. The Morgan fingerprint density at radius 3 is 1.38 bits per heavy atom. The van der Waals surface area contributed by atoms with Gasteiger partial charge in [0.15, 0.2) is 0 Å². The molecule has 0 radical (unpaired) electrons. The standard InChI is InChI=1S/C19H17Cl2N5O.C16H18N2O.C3Cl3N3/c1-12-7-8-14(16(27)22-10-9-13-5-3-2-4-6-13)11-15(12)23-19-25-17(20)24-18(21)26-19;1-12-7-8-14(11-15(12)17)16(19)18-10-9-13-5-3-2-4-6-13;4-1-7-2(5)9-3(6)8-1/h2-8,11H,9-10H2,1H3,(H,22,27)(H,23,24,25,26);2-8,11H,9-10,17H2,1H3,(H,18,19);. The number of carbonyl (C=O) groups excluding carboxylic acids is 2. The summed E-state index contributed by atoms with van der Waals surface area (Å²) in [6, 6.07) is 30.8. The van der Waals surface area contributed by atoms with Crippen molar-refractivity contribution >= 4 is 87.1 Å². The van der Waals surface area contributed by atoms with Gasteiger partial charge in [-0.15, -0.1) is 0 Å². The van der Waals surface area contributed by atoms with Crippen molar-refractivity contribution in [3.63, 3.8) is 0 Å². The van der Waals surface area contributed by atoms with Gasteiger partial charge in [-0.3, -0.25) is 9.59 Å². The number of hydrogen-bond donors (Lipinski definition) is 4. The molecule has 0 saturated carbocycles. The Bertz CT molecular complexity index is 2130. The SMILES string of the molecule is Cc1ccc(C(=O)NCCc2ccccc2)cc1N.Cc1ccc(C(=O)NCCc2ccccc2)cc1Nc1nc(Cl)nc(Cl)n1.Clc1nc(Cl)nc(Cl)n1. The number of nitrogen functional groups attached to an aromatic ring is 1. The van der Waals surface area contributed by atoms with E-state index in [1.54, 1.807) is 24.3 Å². The lowest BCUT2D eigenvalue weighted by Gasteiger charge is -2.11. The Morgan fingerprint density at radius 2 is 0.945 bits per heavy atom. The van der Waals surface area contributed by atoms with Crippen molar-refractivity contribution in [2.75, 3.05) is 24.1 Å². The molecule has 17 heteroatoms. The van der Waals surface area contributed by atoms with E-state index in [0.29, 0.717) is 35.6 Å². The largest absolute Gasteiger partial charge is 0.398 e. The lowest BCUT2D eigenvalue weighted by Crippen LogP contribution is -2.25. The van der Waals surface area contributed by atoms with Crippen molar-refractivity contribution < 1.29 is 9.59 Å². The van der Waals surface area contributed by atoms with Crippen molar-refractivity contribution in [1.29, 1.82) is 0 Å². The van der Waals surface area contributed by atoms with Crippen molar-refractivity contribution in [3.05, 3.63) is 157 Å². The average molecular weight is 841 g/mol. The molecule has 4 aromatic carbocycles. The summed E-state index contributed by atoms with van der Waals surface area (Å²) in [5.74, 6) is -0.0203. The van der Waals surface area contributed by atoms with Gasteiger partial charge in [0.1, 0.15) is 0 Å². The Balaban J connectivity index is 0.000000207. The fourth-order valence-electron chi connectivity index (χ4n) is 4.62. The van der Waals surface area contributed by atoms with Gasteiger partial charge in [0.25, 0.3) is 11.8 Å². The van der Waals surface area contributed by atoms with Gasteiger partial charge in [0.2, 0.25) is 32.4 Å². The monoisotopic (exact) mass is 838 g/mol. The molecule has 6 aromatic rings. The van der Waals surface area contributed by atoms with Gasteiger partial charge >= 0.3 is 0 Å². The van der Waals surface area contributed by atoms with E-state index in [9.17, 15) is 9.59 Å². The van der Waals surface area contributed by atoms with Crippen LogP contribution in [0.5, 0.6) is 0 Å². The normalized spacial score (nSPS) is 10.2. The molecule has 0 aliphatic heterocycles. The molecule has 2 aromatic heterocycles. The molecule has 2 heterocycles. The third-order valence-electron chi connectivity index (χ3n) is 7.51. The van der Waals surface area contributed by atoms with Gasteiger partial charge < -0.3 is 21.7 Å². The molecular formula is C38H35Cl5N10O2. The predicted molar refractivity (Wildman–Crippen MR) is 220 cm³/mol. The molecule has 0 unspecified atom stereocenters. The first-order valence-corrected chi connectivity index (χ1v) is 18.4. The molecule has 0 atom stereocenters. The molecule has 0 saturated heterocycles. The summed E-state index contributed by atoms with van der Waals surface area (Å²) in [5.41, 5.74) is 12.6. The number of carbonyl (C=O) groups is 2. The van der Waals surface area contributed by atoms with Crippen LogP contribution in [-0.2, 0) is 12.8 Å². The van der Waals surface area contributed by atoms with E-state index in [-0.39, 0.29) is 44.2 Å². The molecule has 0 fully saturated rings. The first kappa shape index (κ1) is 42.6. The van der Waals surface area contributed by atoms with E-state index in [4.69, 9.17) is 63.7 Å². The van der Waals surface area contributed by atoms with E-state index in [0.717, 1.165) is 24.0 Å². The molecule has 0 aliphatic carbocycles. The molecule has 5 N–H and O–H groups in total. The van der Waals surface area contributed by atoms with E-state index in [1.807, 2.05) is 74.5 Å². The van der Waals surface area contributed by atoms with E-state index in [1.165, 1.54) is 11.1 Å². The molecule has 0 spiro atoms. The minimum absolute atomic E-state index is 0.000000000000000444. The number of rotatable bonds is 10. The predicted octanol–water partition coefficient (Wildman–Crippen LogP) is 8.58. The number of aryl methyl sites for hydroxylation is 2. The van der Waals surface area contributed by atoms with Crippen LogP contribution in [0.15, 0.2) is 97.1 Å². The first-order chi connectivity index (χ1) is 26.4. The van der Waals surface area contributed by atoms with E-state index in [2.05, 4.69) is 58.0 Å². The third-order valence-corrected chi connectivity index (χ3v) is 8.35. The summed E-state index contributed by atoms with van der Waals surface area (Å²) in [6.07, 6.45) is 1.60. The summed E-state index contributed by atoms with van der Waals surface area (Å²) < 4.78 is 0. The molecule has 0 bridgehead atoms. The Hall–Kier alpha value is -5.11. The van der Waals surface area contributed by atoms with Crippen molar-refractivity contribution in [1.82, 2.24) is 40.5 Å². The van der Waals surface area contributed by atoms with Crippen LogP contribution in [0.3, 0.4) is 0 Å². The van der Waals surface area contributed by atoms with Gasteiger partial charge in [0, 0.05) is 35.6 Å². The maximum absolute atomic E-state index is 12.4. The number of benzene rings is 4. The highest BCUT2D eigenvalue weighted by Gasteiger charge is 2.11. The number of hydrogen-bond acceptors (Lipinski definition) is 10. The number of aromatic nitrogens is 6. The molecule has 12 nitrogen and oxygen atoms in total. The van der Waals surface area contributed by atoms with Crippen LogP contribution in [0, 0.1) is 13.8 Å². The average Bonchev–Trinajstić information content (AvgIpc) is 3.14. The molecule has 284 valence electrons. The Labute approximate surface area is 343 Å². The summed E-state index contributed by atoms with van der Waals surface area (Å²) in [5, 5.41) is 8.83. The minimum atomic E-state index is -0.152. The second-order valence-corrected chi connectivity index (χ2v) is 13.2. The molecular weight excluding hydrogens is 806 g/mol. The fourth-order valence-corrected chi connectivity index (χ4v) is 5.59. The van der Waals surface area contributed by atoms with Crippen molar-refractivity contribution in [2.24, 2.45) is 0 Å². The van der Waals surface area contributed by atoms with Gasteiger partial charge in [-0.05, 0) is 131 Å². The van der Waals surface area contributed by atoms with Crippen molar-refractivity contribution in [3.8, 4) is 0 Å². The number of nitrogens with two attached hydrogens (primary N) is 1. The van der Waals surface area contributed by atoms with Crippen LogP contribution in [0.25, 0.3) is 0 Å². The molecule has 2 amide bonds. The zero-order valence-electron chi connectivity index (χ0n) is 29.5. The third kappa shape index (κ3) is 14.9. The van der Waals surface area contributed by atoms with Crippen LogP contribution < -0.4 is 21.7 Å². The summed E-state index contributed by atoms with van der Waals surface area (Å²) in [4.78, 5) is 46.4. The van der Waals surface area contributed by atoms with Crippen molar-refractivity contribution in [2.45, 2.75) is 26.7 Å². The van der Waals surface area contributed by atoms with E-state index < -0.39 is 0 Å². The molecule has 0 aliphatic rings. The number of halogens is 5. The minimum Gasteiger partial charge on any atom is -0.398 e. The molecule has 55 heavy (non-hydrogen) atoms. The van der Waals surface area contributed by atoms with Crippen LogP contribution in [0.1, 0.15) is 43.0 Å².